The maximum atomic E-state index is 9.84. The standard InChI is InChI=1S/C15H17BrClNO2S/c16-15-6-5-14(21-15)8-18-7-13(19)10-20-9-11-1-3-12(17)4-2-11/h1-6,13,18-19H,7-10H2. The number of aliphatic hydroxyl groups excluding tert-OH is 1. The smallest absolute Gasteiger partial charge is 0.0897 e. The highest BCUT2D eigenvalue weighted by molar-refractivity contribution is 9.11. The summed E-state index contributed by atoms with van der Waals surface area (Å²) in [6.07, 6.45) is -0.513. The minimum Gasteiger partial charge on any atom is -0.389 e. The van der Waals surface area contributed by atoms with Gasteiger partial charge in [-0.3, -0.25) is 0 Å². The normalized spacial score (nSPS) is 12.5. The van der Waals surface area contributed by atoms with Crippen LogP contribution in [0.3, 0.4) is 0 Å². The summed E-state index contributed by atoms with van der Waals surface area (Å²) < 4.78 is 6.61. The molecule has 1 atom stereocenters. The zero-order valence-corrected chi connectivity index (χ0v) is 14.5. The first-order chi connectivity index (χ1) is 10.1. The lowest BCUT2D eigenvalue weighted by Gasteiger charge is -2.12. The molecule has 0 aliphatic heterocycles. The Kier molecular flexibility index (Phi) is 7.16. The van der Waals surface area contributed by atoms with E-state index >= 15 is 0 Å². The van der Waals surface area contributed by atoms with Gasteiger partial charge in [-0.1, -0.05) is 23.7 Å². The summed E-state index contributed by atoms with van der Waals surface area (Å²) in [6, 6.07) is 11.6. The van der Waals surface area contributed by atoms with Crippen LogP contribution in [0.15, 0.2) is 40.2 Å². The quantitative estimate of drug-likeness (QED) is 0.720. The maximum absolute atomic E-state index is 9.84. The SMILES string of the molecule is OC(CNCc1ccc(Br)s1)COCc1ccc(Cl)cc1. The van der Waals surface area contributed by atoms with Gasteiger partial charge in [0.15, 0.2) is 0 Å². The fourth-order valence-corrected chi connectivity index (χ4v) is 3.34. The maximum Gasteiger partial charge on any atom is 0.0897 e. The first-order valence-corrected chi connectivity index (χ1v) is 8.57. The van der Waals surface area contributed by atoms with Gasteiger partial charge in [0.2, 0.25) is 0 Å². The van der Waals surface area contributed by atoms with Gasteiger partial charge in [0.25, 0.3) is 0 Å². The van der Waals surface area contributed by atoms with Gasteiger partial charge in [-0.25, -0.2) is 0 Å². The topological polar surface area (TPSA) is 41.5 Å². The summed E-state index contributed by atoms with van der Waals surface area (Å²) in [4.78, 5) is 1.23. The number of halogens is 2. The molecule has 0 aliphatic carbocycles. The molecule has 0 saturated carbocycles. The Morgan fingerprint density at radius 2 is 2.00 bits per heavy atom. The van der Waals surface area contributed by atoms with Crippen molar-refractivity contribution in [3.63, 3.8) is 0 Å². The fourth-order valence-electron chi connectivity index (χ4n) is 1.76. The second-order valence-electron chi connectivity index (χ2n) is 4.63. The number of rotatable bonds is 8. The van der Waals surface area contributed by atoms with Crippen molar-refractivity contribution in [1.82, 2.24) is 5.32 Å². The second-order valence-corrected chi connectivity index (χ2v) is 7.62. The molecule has 2 aromatic rings. The highest BCUT2D eigenvalue weighted by Gasteiger charge is 2.05. The van der Waals surface area contributed by atoms with Crippen molar-refractivity contribution < 1.29 is 9.84 Å². The van der Waals surface area contributed by atoms with Gasteiger partial charge in [0, 0.05) is 23.0 Å². The molecule has 1 aromatic carbocycles. The van der Waals surface area contributed by atoms with Gasteiger partial charge in [0.05, 0.1) is 23.1 Å². The lowest BCUT2D eigenvalue weighted by atomic mass is 10.2. The van der Waals surface area contributed by atoms with E-state index < -0.39 is 6.10 Å². The van der Waals surface area contributed by atoms with Crippen LogP contribution >= 0.6 is 38.9 Å². The van der Waals surface area contributed by atoms with Crippen LogP contribution in [-0.2, 0) is 17.9 Å². The highest BCUT2D eigenvalue weighted by atomic mass is 79.9. The number of hydrogen-bond donors (Lipinski definition) is 2. The van der Waals surface area contributed by atoms with E-state index in [0.29, 0.717) is 24.8 Å². The summed E-state index contributed by atoms with van der Waals surface area (Å²) in [5.74, 6) is 0. The van der Waals surface area contributed by atoms with E-state index in [4.69, 9.17) is 16.3 Å². The molecule has 1 aromatic heterocycles. The van der Waals surface area contributed by atoms with Crippen molar-refractivity contribution in [3.05, 3.63) is 55.6 Å². The van der Waals surface area contributed by atoms with Crippen molar-refractivity contribution in [3.8, 4) is 0 Å². The lowest BCUT2D eigenvalue weighted by molar-refractivity contribution is 0.0288. The third kappa shape index (κ3) is 6.46. The first-order valence-electron chi connectivity index (χ1n) is 6.58. The molecular weight excluding hydrogens is 374 g/mol. The van der Waals surface area contributed by atoms with Crippen molar-refractivity contribution in [2.24, 2.45) is 0 Å². The Morgan fingerprint density at radius 3 is 2.67 bits per heavy atom. The lowest BCUT2D eigenvalue weighted by Crippen LogP contribution is -2.29. The molecule has 0 radical (unpaired) electrons. The fraction of sp³-hybridized carbons (Fsp3) is 0.333. The molecule has 0 bridgehead atoms. The summed E-state index contributed by atoms with van der Waals surface area (Å²) in [5, 5.41) is 13.8. The van der Waals surface area contributed by atoms with Crippen LogP contribution in [0.4, 0.5) is 0 Å². The Balaban J connectivity index is 1.59. The highest BCUT2D eigenvalue weighted by Crippen LogP contribution is 2.21. The van der Waals surface area contributed by atoms with Gasteiger partial charge in [-0.05, 0) is 45.8 Å². The molecule has 1 unspecified atom stereocenters. The van der Waals surface area contributed by atoms with Crippen LogP contribution in [0.2, 0.25) is 5.02 Å². The average Bonchev–Trinajstić information content (AvgIpc) is 2.87. The monoisotopic (exact) mass is 389 g/mol. The molecular formula is C15H17BrClNO2S. The number of nitrogens with one attached hydrogen (secondary N) is 1. The largest absolute Gasteiger partial charge is 0.389 e. The third-order valence-electron chi connectivity index (χ3n) is 2.80. The van der Waals surface area contributed by atoms with Gasteiger partial charge in [-0.15, -0.1) is 11.3 Å². The van der Waals surface area contributed by atoms with E-state index in [1.807, 2.05) is 30.3 Å². The molecule has 1 heterocycles. The Bertz CT molecular complexity index is 547. The van der Waals surface area contributed by atoms with Gasteiger partial charge >= 0.3 is 0 Å². The van der Waals surface area contributed by atoms with Crippen molar-refractivity contribution in [1.29, 1.82) is 0 Å². The molecule has 3 nitrogen and oxygen atoms in total. The predicted molar refractivity (Wildman–Crippen MR) is 90.8 cm³/mol. The minimum atomic E-state index is -0.513. The summed E-state index contributed by atoms with van der Waals surface area (Å²) in [6.45, 7) is 2.05. The molecule has 0 amide bonds. The zero-order chi connectivity index (χ0) is 15.1. The number of hydrogen-bond acceptors (Lipinski definition) is 4. The predicted octanol–water partition coefficient (Wildman–Crippen LogP) is 3.83. The van der Waals surface area contributed by atoms with Crippen LogP contribution in [0.25, 0.3) is 0 Å². The molecule has 2 rings (SSSR count). The molecule has 6 heteroatoms. The van der Waals surface area contributed by atoms with Crippen molar-refractivity contribution in [2.45, 2.75) is 19.3 Å². The summed E-state index contributed by atoms with van der Waals surface area (Å²) in [7, 11) is 0. The minimum absolute atomic E-state index is 0.309. The van der Waals surface area contributed by atoms with Crippen molar-refractivity contribution >= 4 is 38.9 Å². The van der Waals surface area contributed by atoms with E-state index in [2.05, 4.69) is 27.3 Å². The number of benzene rings is 1. The number of thiophene rings is 1. The van der Waals surface area contributed by atoms with Crippen molar-refractivity contribution in [2.75, 3.05) is 13.2 Å². The van der Waals surface area contributed by atoms with Gasteiger partial charge in [0.1, 0.15) is 0 Å². The summed E-state index contributed by atoms with van der Waals surface area (Å²) in [5.41, 5.74) is 1.04. The van der Waals surface area contributed by atoms with Crippen LogP contribution in [-0.4, -0.2) is 24.4 Å². The zero-order valence-electron chi connectivity index (χ0n) is 11.4. The van der Waals surface area contributed by atoms with E-state index in [9.17, 15) is 5.11 Å². The molecule has 0 spiro atoms. The Morgan fingerprint density at radius 1 is 1.24 bits per heavy atom. The van der Waals surface area contributed by atoms with E-state index in [0.717, 1.165) is 15.9 Å². The van der Waals surface area contributed by atoms with E-state index in [1.165, 1.54) is 4.88 Å². The van der Waals surface area contributed by atoms with E-state index in [1.54, 1.807) is 11.3 Å². The van der Waals surface area contributed by atoms with Crippen LogP contribution in [0.1, 0.15) is 10.4 Å². The molecule has 2 N–H and O–H groups in total. The molecule has 0 saturated heterocycles. The van der Waals surface area contributed by atoms with Gasteiger partial charge < -0.3 is 15.2 Å². The Hall–Kier alpha value is -0.430. The first kappa shape index (κ1) is 16.9. The number of ether oxygens (including phenoxy) is 1. The Labute approximate surface area is 142 Å². The molecule has 0 fully saturated rings. The summed E-state index contributed by atoms with van der Waals surface area (Å²) >= 11 is 10.9. The van der Waals surface area contributed by atoms with Gasteiger partial charge in [-0.2, -0.15) is 0 Å². The third-order valence-corrected chi connectivity index (χ3v) is 4.68. The van der Waals surface area contributed by atoms with Crippen LogP contribution in [0.5, 0.6) is 0 Å². The van der Waals surface area contributed by atoms with Crippen LogP contribution < -0.4 is 5.32 Å². The molecule has 114 valence electrons. The average molecular weight is 391 g/mol. The molecule has 21 heavy (non-hydrogen) atoms. The number of aliphatic hydroxyl groups is 1. The van der Waals surface area contributed by atoms with Crippen LogP contribution in [0, 0.1) is 0 Å². The second kappa shape index (κ2) is 8.88. The molecule has 0 aliphatic rings. The van der Waals surface area contributed by atoms with E-state index in [-0.39, 0.29) is 0 Å².